The summed E-state index contributed by atoms with van der Waals surface area (Å²) in [5.41, 5.74) is -2.44. The highest BCUT2D eigenvalue weighted by molar-refractivity contribution is 7.84. The summed E-state index contributed by atoms with van der Waals surface area (Å²) in [6.07, 6.45) is -0.701. The van der Waals surface area contributed by atoms with Crippen molar-refractivity contribution in [3.05, 3.63) is 51.0 Å². The van der Waals surface area contributed by atoms with Crippen molar-refractivity contribution in [2.24, 2.45) is 5.16 Å². The first-order chi connectivity index (χ1) is 22.0. The van der Waals surface area contributed by atoms with Gasteiger partial charge in [-0.05, 0) is 38.0 Å². The van der Waals surface area contributed by atoms with Gasteiger partial charge in [-0.1, -0.05) is 5.16 Å². The summed E-state index contributed by atoms with van der Waals surface area (Å²) in [6.45, 7) is 2.21. The molecule has 1 saturated heterocycles. The lowest BCUT2D eigenvalue weighted by atomic mass is 9.94. The van der Waals surface area contributed by atoms with Gasteiger partial charge < -0.3 is 24.9 Å². The molecule has 1 aromatic heterocycles. The largest absolute Gasteiger partial charge is 0.469 e. The van der Waals surface area contributed by atoms with Crippen molar-refractivity contribution in [3.8, 4) is 0 Å². The summed E-state index contributed by atoms with van der Waals surface area (Å²) >= 11 is 6.36. The Morgan fingerprint density at radius 2 is 1.89 bits per heavy atom. The number of oxime groups is 1. The molecule has 0 bridgehead atoms. The maximum atomic E-state index is 13.4. The summed E-state index contributed by atoms with van der Waals surface area (Å²) in [5, 5.41) is 20.5. The van der Waals surface area contributed by atoms with E-state index in [0.29, 0.717) is 5.56 Å². The number of hydrogen-bond acceptors (Lipinski definition) is 15. The molecule has 0 spiro atoms. The number of β-lactam (4-membered cyclic amide) rings is 1. The minimum Gasteiger partial charge on any atom is -0.469 e. The van der Waals surface area contributed by atoms with Crippen molar-refractivity contribution in [1.29, 1.82) is 0 Å². The van der Waals surface area contributed by atoms with Crippen molar-refractivity contribution in [2.45, 2.75) is 51.0 Å². The zero-order valence-electron chi connectivity index (χ0n) is 24.7. The molecule has 19 nitrogen and oxygen atoms in total. The Morgan fingerprint density at radius 3 is 2.47 bits per heavy atom. The second kappa shape index (κ2) is 15.2. The van der Waals surface area contributed by atoms with Crippen LogP contribution in [0.4, 0.5) is 10.8 Å². The van der Waals surface area contributed by atoms with Crippen molar-refractivity contribution in [2.75, 3.05) is 18.3 Å². The number of nitrogens with one attached hydrogen (secondary N) is 2. The van der Waals surface area contributed by atoms with Crippen LogP contribution in [0.5, 0.6) is 0 Å². The van der Waals surface area contributed by atoms with Gasteiger partial charge in [0.2, 0.25) is 11.5 Å². The first-order valence-corrected chi connectivity index (χ1v) is 16.0. The number of amides is 3. The molecule has 0 aliphatic carbocycles. The summed E-state index contributed by atoms with van der Waals surface area (Å²) in [4.78, 5) is 82.0. The number of nitrogens with zero attached hydrogens (tertiary/aromatic N) is 4. The van der Waals surface area contributed by atoms with Crippen LogP contribution in [0.2, 0.25) is 0 Å². The zero-order chi connectivity index (χ0) is 35.1. The minimum absolute atomic E-state index is 0.0128. The topological polar surface area (TPSA) is 263 Å². The number of carbonyl (C=O) groups excluding carboxylic acids is 5. The molecule has 2 heterocycles. The van der Waals surface area contributed by atoms with E-state index in [9.17, 15) is 47.1 Å². The van der Waals surface area contributed by atoms with Gasteiger partial charge in [0, 0.05) is 23.9 Å². The number of non-ortho nitro benzene ring substituents is 1. The molecule has 3 rings (SSSR count). The predicted octanol–water partition coefficient (Wildman–Crippen LogP) is 0.923. The molecule has 2 atom stereocenters. The van der Waals surface area contributed by atoms with Gasteiger partial charge in [-0.25, -0.2) is 14.1 Å². The van der Waals surface area contributed by atoms with Gasteiger partial charge in [0.25, 0.3) is 17.5 Å². The third-order valence-electron chi connectivity index (χ3n) is 6.28. The number of rotatable bonds is 15. The molecule has 0 saturated carbocycles. The van der Waals surface area contributed by atoms with Gasteiger partial charge in [0.1, 0.15) is 24.2 Å². The highest BCUT2D eigenvalue weighted by atomic mass is 35.5. The lowest BCUT2D eigenvalue weighted by Gasteiger charge is -2.44. The lowest BCUT2D eigenvalue weighted by molar-refractivity contribution is -0.384. The number of nitro benzene ring substituents is 1. The third kappa shape index (κ3) is 9.40. The average Bonchev–Trinajstić information content (AvgIpc) is 3.47. The van der Waals surface area contributed by atoms with Crippen LogP contribution in [0, 0.1) is 10.1 Å². The van der Waals surface area contributed by atoms with Crippen LogP contribution < -0.4 is 10.6 Å². The molecule has 1 fully saturated rings. The molecular weight excluding hydrogens is 692 g/mol. The number of nitro groups is 1. The molecule has 22 heteroatoms. The maximum Gasteiger partial charge on any atom is 0.362 e. The summed E-state index contributed by atoms with van der Waals surface area (Å²) in [5.74, 6) is -5.12. The van der Waals surface area contributed by atoms with Crippen molar-refractivity contribution in [1.82, 2.24) is 14.6 Å². The molecular formula is C25H27ClN6O13S2. The number of ether oxygens (including phenoxy) is 2. The van der Waals surface area contributed by atoms with Crippen LogP contribution in [-0.4, -0.2) is 93.2 Å². The van der Waals surface area contributed by atoms with E-state index in [1.54, 1.807) is 0 Å². The van der Waals surface area contributed by atoms with E-state index in [1.165, 1.54) is 43.5 Å². The molecule has 2 aromatic rings. The second-order valence-electron chi connectivity index (χ2n) is 10.0. The smallest absolute Gasteiger partial charge is 0.362 e. The Hall–Kier alpha value is -4.73. The standard InChI is InChI=1S/C25H27ClN6O13S2/c1-25(2,23(37)44-11-13-4-6-14(7-5-13)32(38)39)45-30-19(15-12-46-24(27-15)28-17(33)10-26)21(35)29-20-16(8-9-18(34)43-3)31(22(20)36)47(40,41)42/h4-7,12,16,20H,8-11H2,1-3H3,(H,29,35)(H,27,28,33)(H,40,41,42)/b30-19-. The van der Waals surface area contributed by atoms with E-state index >= 15 is 0 Å². The number of alkyl halides is 1. The van der Waals surface area contributed by atoms with Crippen LogP contribution in [0.15, 0.2) is 34.8 Å². The molecule has 1 aliphatic rings. The van der Waals surface area contributed by atoms with Crippen molar-refractivity contribution in [3.63, 3.8) is 0 Å². The summed E-state index contributed by atoms with van der Waals surface area (Å²) in [7, 11) is -3.97. The molecule has 0 radical (unpaired) electrons. The van der Waals surface area contributed by atoms with Crippen LogP contribution in [0.3, 0.4) is 0 Å². The van der Waals surface area contributed by atoms with Crippen molar-refractivity contribution >= 4 is 79.4 Å². The monoisotopic (exact) mass is 718 g/mol. The Bertz CT molecular complexity index is 1690. The van der Waals surface area contributed by atoms with E-state index < -0.39 is 74.2 Å². The number of hydrogen-bond donors (Lipinski definition) is 3. The SMILES string of the molecule is COC(=O)CCC1C(NC(=O)/C(=N\OC(C)(C)C(=O)OCc2ccc([N+](=O)[O-])cc2)c2csc(NC(=O)CCl)n2)C(=O)N1S(=O)(=O)O. The number of aromatic nitrogens is 1. The second-order valence-corrected chi connectivity index (χ2v) is 12.4. The number of methoxy groups -OCH3 is 1. The Balaban J connectivity index is 1.84. The number of carbonyl (C=O) groups is 5. The van der Waals surface area contributed by atoms with E-state index in [0.717, 1.165) is 18.4 Å². The number of halogens is 1. The fourth-order valence-corrected chi connectivity index (χ4v) is 5.54. The molecule has 47 heavy (non-hydrogen) atoms. The van der Waals surface area contributed by atoms with Crippen LogP contribution in [0.25, 0.3) is 0 Å². The van der Waals surface area contributed by atoms with Gasteiger partial charge in [0.15, 0.2) is 10.8 Å². The number of benzene rings is 1. The zero-order valence-corrected chi connectivity index (χ0v) is 27.1. The normalized spacial score (nSPS) is 16.5. The highest BCUT2D eigenvalue weighted by Crippen LogP contribution is 2.28. The number of esters is 2. The fraction of sp³-hybridized carbons (Fsp3) is 0.400. The van der Waals surface area contributed by atoms with E-state index in [4.69, 9.17) is 21.2 Å². The summed E-state index contributed by atoms with van der Waals surface area (Å²) < 4.78 is 42.9. The van der Waals surface area contributed by atoms with Gasteiger partial charge in [-0.2, -0.15) is 8.42 Å². The van der Waals surface area contributed by atoms with Gasteiger partial charge in [0.05, 0.1) is 18.1 Å². The Kier molecular flexibility index (Phi) is 11.9. The average molecular weight is 719 g/mol. The molecule has 1 aliphatic heterocycles. The van der Waals surface area contributed by atoms with Crippen LogP contribution in [0.1, 0.15) is 37.9 Å². The van der Waals surface area contributed by atoms with Crippen LogP contribution >= 0.6 is 22.9 Å². The van der Waals surface area contributed by atoms with Gasteiger partial charge >= 0.3 is 22.2 Å². The van der Waals surface area contributed by atoms with E-state index in [-0.39, 0.29) is 40.3 Å². The molecule has 3 N–H and O–H groups in total. The van der Waals surface area contributed by atoms with E-state index in [1.807, 2.05) is 0 Å². The third-order valence-corrected chi connectivity index (χ3v) is 8.23. The minimum atomic E-state index is -5.06. The first kappa shape index (κ1) is 36.7. The summed E-state index contributed by atoms with van der Waals surface area (Å²) in [6, 6.07) is 2.26. The molecule has 1 aromatic carbocycles. The van der Waals surface area contributed by atoms with Crippen LogP contribution in [-0.2, 0) is 55.2 Å². The highest BCUT2D eigenvalue weighted by Gasteiger charge is 2.54. The fourth-order valence-electron chi connectivity index (χ4n) is 3.85. The van der Waals surface area contributed by atoms with Crippen molar-refractivity contribution < 1.29 is 56.2 Å². The molecule has 3 amide bonds. The first-order valence-electron chi connectivity index (χ1n) is 13.1. The van der Waals surface area contributed by atoms with Gasteiger partial charge in [-0.15, -0.1) is 22.9 Å². The molecule has 254 valence electrons. The Morgan fingerprint density at radius 1 is 1.23 bits per heavy atom. The lowest BCUT2D eigenvalue weighted by Crippen LogP contribution is -2.72. The number of thiazole rings is 1. The number of anilines is 1. The quantitative estimate of drug-likeness (QED) is 0.0440. The maximum absolute atomic E-state index is 13.4. The van der Waals surface area contributed by atoms with Gasteiger partial charge in [-0.3, -0.25) is 33.8 Å². The van der Waals surface area contributed by atoms with E-state index in [2.05, 4.69) is 25.5 Å². The predicted molar refractivity (Wildman–Crippen MR) is 161 cm³/mol. The molecule has 2 unspecified atom stereocenters. The Labute approximate surface area is 275 Å².